The Hall–Kier alpha value is -1.75. The molecule has 2 heterocycles. The summed E-state index contributed by atoms with van der Waals surface area (Å²) in [6.07, 6.45) is 10.9. The summed E-state index contributed by atoms with van der Waals surface area (Å²) < 4.78 is 2.05. The fraction of sp³-hybridized carbons (Fsp3) is 0.417. The molecular weight excluding hydrogens is 214 g/mol. The molecule has 0 aromatic carbocycles. The largest absolute Gasteiger partial charge is 0.338 e. The van der Waals surface area contributed by atoms with Crippen LogP contribution in [0.15, 0.2) is 31.0 Å². The fourth-order valence-corrected chi connectivity index (χ4v) is 1.84. The molecule has 2 aromatic heterocycles. The van der Waals surface area contributed by atoms with Crippen molar-refractivity contribution in [2.75, 3.05) is 7.05 Å². The number of hydrogen-bond donors (Lipinski definition) is 1. The van der Waals surface area contributed by atoms with Gasteiger partial charge < -0.3 is 9.88 Å². The first-order valence-corrected chi connectivity index (χ1v) is 5.70. The molecule has 5 heteroatoms. The highest BCUT2D eigenvalue weighted by atomic mass is 15.0. The summed E-state index contributed by atoms with van der Waals surface area (Å²) in [5, 5.41) is 3.26. The van der Waals surface area contributed by atoms with Gasteiger partial charge in [-0.25, -0.2) is 4.98 Å². The van der Waals surface area contributed by atoms with Gasteiger partial charge in [0.25, 0.3) is 0 Å². The van der Waals surface area contributed by atoms with E-state index in [1.807, 2.05) is 31.1 Å². The SMILES string of the molecule is CNC(CCc1nccn1C)c1cnccn1. The summed E-state index contributed by atoms with van der Waals surface area (Å²) in [4.78, 5) is 12.7. The molecule has 90 valence electrons. The van der Waals surface area contributed by atoms with E-state index in [4.69, 9.17) is 0 Å². The smallest absolute Gasteiger partial charge is 0.108 e. The average molecular weight is 231 g/mol. The van der Waals surface area contributed by atoms with Crippen molar-refractivity contribution in [3.63, 3.8) is 0 Å². The summed E-state index contributed by atoms with van der Waals surface area (Å²) >= 11 is 0. The van der Waals surface area contributed by atoms with Crippen molar-refractivity contribution in [2.45, 2.75) is 18.9 Å². The summed E-state index contributed by atoms with van der Waals surface area (Å²) in [6.45, 7) is 0. The van der Waals surface area contributed by atoms with Crippen LogP contribution >= 0.6 is 0 Å². The van der Waals surface area contributed by atoms with Crippen LogP contribution in [0.3, 0.4) is 0 Å². The zero-order valence-electron chi connectivity index (χ0n) is 10.2. The van der Waals surface area contributed by atoms with Crippen LogP contribution in [0.5, 0.6) is 0 Å². The summed E-state index contributed by atoms with van der Waals surface area (Å²) in [7, 11) is 3.96. The van der Waals surface area contributed by atoms with E-state index in [-0.39, 0.29) is 6.04 Å². The predicted molar refractivity (Wildman–Crippen MR) is 65.4 cm³/mol. The zero-order valence-corrected chi connectivity index (χ0v) is 10.2. The third kappa shape index (κ3) is 2.88. The molecule has 0 aliphatic rings. The maximum atomic E-state index is 4.32. The van der Waals surface area contributed by atoms with Crippen molar-refractivity contribution in [3.8, 4) is 0 Å². The summed E-state index contributed by atoms with van der Waals surface area (Å²) in [5.41, 5.74) is 0.976. The fourth-order valence-electron chi connectivity index (χ4n) is 1.84. The lowest BCUT2D eigenvalue weighted by Gasteiger charge is -2.14. The number of aromatic nitrogens is 4. The van der Waals surface area contributed by atoms with E-state index in [1.54, 1.807) is 18.6 Å². The lowest BCUT2D eigenvalue weighted by atomic mass is 10.1. The topological polar surface area (TPSA) is 55.6 Å². The lowest BCUT2D eigenvalue weighted by Crippen LogP contribution is -2.19. The number of imidazole rings is 1. The number of nitrogens with zero attached hydrogens (tertiary/aromatic N) is 4. The van der Waals surface area contributed by atoms with Crippen molar-refractivity contribution in [3.05, 3.63) is 42.5 Å². The predicted octanol–water partition coefficient (Wildman–Crippen LogP) is 1.10. The molecule has 0 saturated heterocycles. The van der Waals surface area contributed by atoms with Gasteiger partial charge in [-0.1, -0.05) is 0 Å². The van der Waals surface area contributed by atoms with Gasteiger partial charge in [0.1, 0.15) is 5.82 Å². The van der Waals surface area contributed by atoms with Crippen LogP contribution in [0.25, 0.3) is 0 Å². The maximum Gasteiger partial charge on any atom is 0.108 e. The molecule has 0 radical (unpaired) electrons. The molecule has 17 heavy (non-hydrogen) atoms. The number of hydrogen-bond acceptors (Lipinski definition) is 4. The molecule has 0 saturated carbocycles. The van der Waals surface area contributed by atoms with E-state index in [9.17, 15) is 0 Å². The molecule has 0 aliphatic heterocycles. The molecule has 1 atom stereocenters. The van der Waals surface area contributed by atoms with E-state index in [0.29, 0.717) is 0 Å². The molecule has 1 unspecified atom stereocenters. The lowest BCUT2D eigenvalue weighted by molar-refractivity contribution is 0.522. The van der Waals surface area contributed by atoms with Crippen LogP contribution < -0.4 is 5.32 Å². The summed E-state index contributed by atoms with van der Waals surface area (Å²) in [6, 6.07) is 0.223. The minimum Gasteiger partial charge on any atom is -0.338 e. The molecule has 5 nitrogen and oxygen atoms in total. The van der Waals surface area contributed by atoms with Crippen LogP contribution in [-0.4, -0.2) is 26.6 Å². The molecule has 1 N–H and O–H groups in total. The quantitative estimate of drug-likeness (QED) is 0.837. The Bertz CT molecular complexity index is 451. The molecule has 2 aromatic rings. The third-order valence-electron chi connectivity index (χ3n) is 2.87. The van der Waals surface area contributed by atoms with Gasteiger partial charge in [-0.2, -0.15) is 0 Å². The molecule has 0 amide bonds. The normalized spacial score (nSPS) is 12.6. The van der Waals surface area contributed by atoms with Gasteiger partial charge in [0, 0.05) is 44.5 Å². The Morgan fingerprint density at radius 2 is 2.18 bits per heavy atom. The van der Waals surface area contributed by atoms with Crippen molar-refractivity contribution in [1.29, 1.82) is 0 Å². The van der Waals surface area contributed by atoms with Crippen LogP contribution in [0.4, 0.5) is 0 Å². The van der Waals surface area contributed by atoms with Gasteiger partial charge in [0.15, 0.2) is 0 Å². The molecule has 0 aliphatic carbocycles. The Balaban J connectivity index is 1.99. The molecule has 0 fully saturated rings. The van der Waals surface area contributed by atoms with E-state index in [1.165, 1.54) is 0 Å². The Labute approximate surface area is 101 Å². The second-order valence-electron chi connectivity index (χ2n) is 3.96. The van der Waals surface area contributed by atoms with E-state index >= 15 is 0 Å². The van der Waals surface area contributed by atoms with Crippen LogP contribution in [-0.2, 0) is 13.5 Å². The highest BCUT2D eigenvalue weighted by Crippen LogP contribution is 2.15. The highest BCUT2D eigenvalue weighted by molar-refractivity contribution is 5.03. The van der Waals surface area contributed by atoms with Crippen LogP contribution in [0.1, 0.15) is 24.0 Å². The Morgan fingerprint density at radius 3 is 2.76 bits per heavy atom. The Morgan fingerprint density at radius 1 is 1.29 bits per heavy atom. The van der Waals surface area contributed by atoms with Gasteiger partial charge in [-0.15, -0.1) is 0 Å². The van der Waals surface area contributed by atoms with Crippen molar-refractivity contribution in [2.24, 2.45) is 7.05 Å². The van der Waals surface area contributed by atoms with Gasteiger partial charge in [-0.3, -0.25) is 9.97 Å². The van der Waals surface area contributed by atoms with Gasteiger partial charge >= 0.3 is 0 Å². The highest BCUT2D eigenvalue weighted by Gasteiger charge is 2.11. The average Bonchev–Trinajstić information content (AvgIpc) is 2.77. The molecule has 0 spiro atoms. The van der Waals surface area contributed by atoms with Crippen LogP contribution in [0.2, 0.25) is 0 Å². The summed E-state index contributed by atoms with van der Waals surface area (Å²) in [5.74, 6) is 1.09. The molecule has 2 rings (SSSR count). The maximum absolute atomic E-state index is 4.32. The van der Waals surface area contributed by atoms with Crippen molar-refractivity contribution in [1.82, 2.24) is 24.8 Å². The van der Waals surface area contributed by atoms with E-state index in [0.717, 1.165) is 24.4 Å². The van der Waals surface area contributed by atoms with Gasteiger partial charge in [0.05, 0.1) is 11.7 Å². The standard InChI is InChI=1S/C12H17N5/c1-13-10(11-9-14-5-6-15-11)3-4-12-16-7-8-17(12)2/h5-10,13H,3-4H2,1-2H3. The molecule has 0 bridgehead atoms. The second-order valence-corrected chi connectivity index (χ2v) is 3.96. The minimum atomic E-state index is 0.223. The van der Waals surface area contributed by atoms with E-state index in [2.05, 4.69) is 20.3 Å². The van der Waals surface area contributed by atoms with Crippen molar-refractivity contribution < 1.29 is 0 Å². The minimum absolute atomic E-state index is 0.223. The monoisotopic (exact) mass is 231 g/mol. The molecular formula is C12H17N5. The third-order valence-corrected chi connectivity index (χ3v) is 2.87. The first-order valence-electron chi connectivity index (χ1n) is 5.70. The van der Waals surface area contributed by atoms with E-state index < -0.39 is 0 Å². The number of aryl methyl sites for hydroxylation is 2. The first kappa shape index (κ1) is 11.7. The zero-order chi connectivity index (χ0) is 12.1. The number of rotatable bonds is 5. The van der Waals surface area contributed by atoms with Gasteiger partial charge in [-0.05, 0) is 13.5 Å². The van der Waals surface area contributed by atoms with Crippen LogP contribution in [0, 0.1) is 0 Å². The van der Waals surface area contributed by atoms with Gasteiger partial charge in [0.2, 0.25) is 0 Å². The van der Waals surface area contributed by atoms with Crippen molar-refractivity contribution >= 4 is 0 Å². The number of nitrogens with one attached hydrogen (secondary N) is 1. The second kappa shape index (κ2) is 5.54. The Kier molecular flexibility index (Phi) is 3.82. The first-order chi connectivity index (χ1) is 8.31.